The number of halogens is 1. The number of rotatable bonds is 6. The summed E-state index contributed by atoms with van der Waals surface area (Å²) in [4.78, 5) is 23.1. The van der Waals surface area contributed by atoms with Crippen molar-refractivity contribution < 1.29 is 19.8 Å². The van der Waals surface area contributed by atoms with Gasteiger partial charge in [0.1, 0.15) is 5.75 Å². The molecule has 0 fully saturated rings. The molecule has 24 heavy (non-hydrogen) atoms. The Bertz CT molecular complexity index is 833. The van der Waals surface area contributed by atoms with E-state index < -0.39 is 17.8 Å². The number of phenolic OH excluding ortho intramolecular Hbond substituents is 1. The van der Waals surface area contributed by atoms with Gasteiger partial charge in [-0.3, -0.25) is 4.79 Å². The molecule has 2 aromatic rings. The molecule has 2 rings (SSSR count). The summed E-state index contributed by atoms with van der Waals surface area (Å²) in [5, 5.41) is 21.5. The Labute approximate surface area is 142 Å². The van der Waals surface area contributed by atoms with Crippen molar-refractivity contribution in [3.05, 3.63) is 70.3 Å². The Kier molecular flexibility index (Phi) is 5.44. The van der Waals surface area contributed by atoms with E-state index in [1.165, 1.54) is 24.3 Å². The van der Waals surface area contributed by atoms with Gasteiger partial charge in [0.25, 0.3) is 0 Å². The third kappa shape index (κ3) is 4.05. The minimum Gasteiger partial charge on any atom is -0.506 e. The summed E-state index contributed by atoms with van der Waals surface area (Å²) >= 11 is 5.80. The number of phenols is 1. The third-order valence-electron chi connectivity index (χ3n) is 3.25. The molecule has 3 N–H and O–H groups in total. The molecule has 122 valence electrons. The number of carboxylic acid groups (broad SMARTS) is 1. The maximum Gasteiger partial charge on any atom is 0.328 e. The third-order valence-corrected chi connectivity index (χ3v) is 3.56. The fourth-order valence-electron chi connectivity index (χ4n) is 2.10. The molecule has 1 unspecified atom stereocenters. The Morgan fingerprint density at radius 2 is 1.96 bits per heavy atom. The van der Waals surface area contributed by atoms with Crippen LogP contribution in [0.15, 0.2) is 53.7 Å². The molecule has 0 aliphatic rings. The number of nitrogens with zero attached hydrogens (tertiary/aromatic N) is 1. The van der Waals surface area contributed by atoms with Gasteiger partial charge in [-0.2, -0.15) is 5.11 Å². The molecule has 0 saturated carbocycles. The zero-order valence-electron chi connectivity index (χ0n) is 12.3. The van der Waals surface area contributed by atoms with Gasteiger partial charge in [0.15, 0.2) is 11.8 Å². The predicted molar refractivity (Wildman–Crippen MR) is 88.4 cm³/mol. The maximum absolute atomic E-state index is 12.6. The first-order valence-corrected chi connectivity index (χ1v) is 7.20. The second-order valence-electron chi connectivity index (χ2n) is 4.90. The molecule has 0 aromatic heterocycles. The van der Waals surface area contributed by atoms with E-state index in [-0.39, 0.29) is 16.3 Å². The average molecular weight is 345 g/mol. The number of nitrogens with one attached hydrogen (secondary N) is 1. The smallest absolute Gasteiger partial charge is 0.328 e. The van der Waals surface area contributed by atoms with E-state index in [1.807, 2.05) is 0 Å². The van der Waals surface area contributed by atoms with Gasteiger partial charge in [0.05, 0.1) is 5.02 Å². The number of hydrogen-bond donors (Lipinski definition) is 3. The van der Waals surface area contributed by atoms with Gasteiger partial charge in [-0.05, 0) is 41.5 Å². The van der Waals surface area contributed by atoms with Crippen molar-refractivity contribution in [2.24, 2.45) is 5.11 Å². The van der Waals surface area contributed by atoms with Crippen molar-refractivity contribution in [1.82, 2.24) is 0 Å². The predicted octanol–water partition coefficient (Wildman–Crippen LogP) is 4.10. The summed E-state index contributed by atoms with van der Waals surface area (Å²) in [6.45, 7) is 0. The standard InChI is InChI=1S/C17H13ClN2O4/c18-13-9-12(5-6-14(13)21)17(24)16(20-19)11-3-1-2-10(8-11)4-7-15(22)23/h1-9,16,19,21H,(H,22,23). The second-order valence-corrected chi connectivity index (χ2v) is 5.31. The zero-order chi connectivity index (χ0) is 17.7. The first kappa shape index (κ1) is 17.4. The van der Waals surface area contributed by atoms with Crippen LogP contribution in [0.4, 0.5) is 0 Å². The lowest BCUT2D eigenvalue weighted by Crippen LogP contribution is -2.10. The summed E-state index contributed by atoms with van der Waals surface area (Å²) in [5.74, 6) is -1.68. The number of hydrogen-bond acceptors (Lipinski definition) is 5. The van der Waals surface area contributed by atoms with E-state index in [1.54, 1.807) is 24.3 Å². The Hall–Kier alpha value is -2.99. The molecule has 0 bridgehead atoms. The molecule has 7 heteroatoms. The van der Waals surface area contributed by atoms with Gasteiger partial charge in [-0.25, -0.2) is 10.3 Å². The van der Waals surface area contributed by atoms with Crippen LogP contribution in [-0.2, 0) is 4.79 Å². The highest BCUT2D eigenvalue weighted by atomic mass is 35.5. The first-order valence-electron chi connectivity index (χ1n) is 6.82. The fourth-order valence-corrected chi connectivity index (χ4v) is 2.28. The molecule has 0 saturated heterocycles. The molecule has 0 amide bonds. The summed E-state index contributed by atoms with van der Waals surface area (Å²) in [5.41, 5.74) is 8.56. The van der Waals surface area contributed by atoms with Crippen molar-refractivity contribution in [3.8, 4) is 5.75 Å². The number of ketones is 1. The van der Waals surface area contributed by atoms with Crippen LogP contribution in [0.3, 0.4) is 0 Å². The molecule has 2 aromatic carbocycles. The number of benzene rings is 2. The van der Waals surface area contributed by atoms with Crippen LogP contribution in [0, 0.1) is 5.53 Å². The summed E-state index contributed by atoms with van der Waals surface area (Å²) in [6.07, 6.45) is 2.36. The van der Waals surface area contributed by atoms with E-state index in [4.69, 9.17) is 22.2 Å². The van der Waals surface area contributed by atoms with Crippen LogP contribution < -0.4 is 0 Å². The molecule has 6 nitrogen and oxygen atoms in total. The van der Waals surface area contributed by atoms with Crippen molar-refractivity contribution in [1.29, 1.82) is 5.53 Å². The molecule has 0 spiro atoms. The SMILES string of the molecule is N=NC(C(=O)c1ccc(O)c(Cl)c1)c1cccc(C=CC(=O)O)c1. The van der Waals surface area contributed by atoms with Gasteiger partial charge in [-0.15, -0.1) is 0 Å². The molecular weight excluding hydrogens is 332 g/mol. The van der Waals surface area contributed by atoms with Gasteiger partial charge >= 0.3 is 5.97 Å². The molecule has 0 heterocycles. The van der Waals surface area contributed by atoms with Gasteiger partial charge < -0.3 is 10.2 Å². The Morgan fingerprint density at radius 1 is 1.21 bits per heavy atom. The highest BCUT2D eigenvalue weighted by Gasteiger charge is 2.22. The van der Waals surface area contributed by atoms with E-state index >= 15 is 0 Å². The molecule has 0 aliphatic heterocycles. The van der Waals surface area contributed by atoms with Gasteiger partial charge in [0, 0.05) is 11.6 Å². The van der Waals surface area contributed by atoms with E-state index in [9.17, 15) is 14.7 Å². The van der Waals surface area contributed by atoms with Crippen molar-refractivity contribution in [3.63, 3.8) is 0 Å². The molecule has 1 atom stereocenters. The van der Waals surface area contributed by atoms with Gasteiger partial charge in [0.2, 0.25) is 0 Å². The fraction of sp³-hybridized carbons (Fsp3) is 0.0588. The first-order chi connectivity index (χ1) is 11.4. The summed E-state index contributed by atoms with van der Waals surface area (Å²) in [6, 6.07) is 9.45. The van der Waals surface area contributed by atoms with Crippen LogP contribution >= 0.6 is 11.6 Å². The monoisotopic (exact) mass is 344 g/mol. The van der Waals surface area contributed by atoms with Crippen molar-refractivity contribution in [2.75, 3.05) is 0 Å². The van der Waals surface area contributed by atoms with Crippen LogP contribution in [0.2, 0.25) is 5.02 Å². The van der Waals surface area contributed by atoms with Gasteiger partial charge in [-0.1, -0.05) is 29.8 Å². The van der Waals surface area contributed by atoms with Crippen LogP contribution in [0.1, 0.15) is 27.5 Å². The highest BCUT2D eigenvalue weighted by molar-refractivity contribution is 6.32. The zero-order valence-corrected chi connectivity index (χ0v) is 13.1. The molecular formula is C17H13ClN2O4. The summed E-state index contributed by atoms with van der Waals surface area (Å²) in [7, 11) is 0. The lowest BCUT2D eigenvalue weighted by molar-refractivity contribution is -0.131. The second kappa shape index (κ2) is 7.52. The number of carbonyl (C=O) groups is 2. The van der Waals surface area contributed by atoms with Crippen LogP contribution in [0.25, 0.3) is 6.08 Å². The van der Waals surface area contributed by atoms with E-state index in [0.717, 1.165) is 6.08 Å². The lowest BCUT2D eigenvalue weighted by Gasteiger charge is -2.11. The molecule has 0 radical (unpaired) electrons. The Balaban J connectivity index is 2.35. The van der Waals surface area contributed by atoms with E-state index in [2.05, 4.69) is 5.11 Å². The minimum atomic E-state index is -1.09. The average Bonchev–Trinajstić information content (AvgIpc) is 2.56. The summed E-state index contributed by atoms with van der Waals surface area (Å²) < 4.78 is 0. The lowest BCUT2D eigenvalue weighted by atomic mass is 9.96. The van der Waals surface area contributed by atoms with Crippen LogP contribution in [0.5, 0.6) is 5.75 Å². The number of aromatic hydroxyl groups is 1. The maximum atomic E-state index is 12.6. The van der Waals surface area contributed by atoms with Crippen LogP contribution in [-0.4, -0.2) is 22.0 Å². The highest BCUT2D eigenvalue weighted by Crippen LogP contribution is 2.28. The Morgan fingerprint density at radius 3 is 2.58 bits per heavy atom. The number of carbonyl (C=O) groups excluding carboxylic acids is 1. The molecule has 0 aliphatic carbocycles. The topological polar surface area (TPSA) is 111 Å². The largest absolute Gasteiger partial charge is 0.506 e. The quantitative estimate of drug-likeness (QED) is 0.416. The number of carboxylic acids is 1. The van der Waals surface area contributed by atoms with Crippen molar-refractivity contribution in [2.45, 2.75) is 6.04 Å². The minimum absolute atomic E-state index is 0.0303. The van der Waals surface area contributed by atoms with Crippen molar-refractivity contribution >= 4 is 29.4 Å². The normalized spacial score (nSPS) is 12.0. The number of Topliss-reactive ketones (excluding diaryl/α,β-unsaturated/α-hetero) is 1. The van der Waals surface area contributed by atoms with E-state index in [0.29, 0.717) is 11.1 Å². The number of aliphatic carboxylic acids is 1.